The highest BCUT2D eigenvalue weighted by Crippen LogP contribution is 2.49. The number of carbonyl (C=O) groups excluding carboxylic acids is 2. The Balaban J connectivity index is 0.906. The second-order valence-corrected chi connectivity index (χ2v) is 24.7. The summed E-state index contributed by atoms with van der Waals surface area (Å²) in [6, 6.07) is 35.7. The van der Waals surface area contributed by atoms with E-state index in [1.807, 2.05) is 23.1 Å². The lowest BCUT2D eigenvalue weighted by Gasteiger charge is -2.29. The molecule has 416 valence electrons. The third-order valence-electron chi connectivity index (χ3n) is 16.3. The number of rotatable bonds is 34. The maximum atomic E-state index is 12.5. The minimum atomic E-state index is 0.224. The minimum Gasteiger partial charge on any atom is -0.356 e. The molecule has 0 spiro atoms. The fourth-order valence-corrected chi connectivity index (χ4v) is 14.1. The van der Waals surface area contributed by atoms with Crippen molar-refractivity contribution in [3.8, 4) is 22.3 Å². The van der Waals surface area contributed by atoms with Crippen LogP contribution in [0.3, 0.4) is 0 Å². The summed E-state index contributed by atoms with van der Waals surface area (Å²) >= 11 is 3.87. The fraction of sp³-hybridized carbons (Fsp3) is 0.500. The third-order valence-corrected chi connectivity index (χ3v) is 18.5. The molecule has 8 heteroatoms. The van der Waals surface area contributed by atoms with Gasteiger partial charge in [0.25, 0.3) is 5.01 Å². The number of hydrogen-bond donors (Lipinski definition) is 2. The number of thiazole rings is 1. The number of hydrogen-bond acceptors (Lipinski definition) is 5. The number of benzene rings is 4. The van der Waals surface area contributed by atoms with E-state index in [-0.39, 0.29) is 11.8 Å². The number of allylic oxidation sites excluding steroid dienone is 6. The molecule has 0 saturated carbocycles. The predicted octanol–water partition coefficient (Wildman–Crippen LogP) is 19.1. The van der Waals surface area contributed by atoms with E-state index in [2.05, 4.69) is 155 Å². The van der Waals surface area contributed by atoms with Gasteiger partial charge in [-0.25, -0.2) is 0 Å². The molecule has 6 nitrogen and oxygen atoms in total. The number of anilines is 1. The third kappa shape index (κ3) is 18.4. The second-order valence-electron chi connectivity index (χ2n) is 22.6. The number of nitrogens with one attached hydrogen (secondary N) is 2. The van der Waals surface area contributed by atoms with Crippen LogP contribution in [0, 0.1) is 5.92 Å². The number of carbonyl (C=O) groups is 2. The van der Waals surface area contributed by atoms with Crippen LogP contribution in [-0.2, 0) is 16.1 Å². The highest BCUT2D eigenvalue weighted by atomic mass is 32.2. The molecule has 0 saturated heterocycles. The van der Waals surface area contributed by atoms with Crippen LogP contribution in [0.25, 0.3) is 38.5 Å². The van der Waals surface area contributed by atoms with Crippen LogP contribution in [0.15, 0.2) is 142 Å². The van der Waals surface area contributed by atoms with Crippen LogP contribution >= 0.6 is 23.1 Å². The molecule has 1 aliphatic heterocycles. The molecule has 2 aliphatic carbocycles. The van der Waals surface area contributed by atoms with Gasteiger partial charge in [0.2, 0.25) is 17.3 Å². The first-order valence-corrected chi connectivity index (χ1v) is 32.6. The molecule has 2 N–H and O–H groups in total. The van der Waals surface area contributed by atoms with E-state index in [9.17, 15) is 9.59 Å². The van der Waals surface area contributed by atoms with Crippen molar-refractivity contribution in [3.63, 3.8) is 0 Å². The highest BCUT2D eigenvalue weighted by molar-refractivity contribution is 8.03. The van der Waals surface area contributed by atoms with Crippen LogP contribution in [0.1, 0.15) is 199 Å². The topological polar surface area (TPSA) is 65.3 Å². The zero-order chi connectivity index (χ0) is 54.0. The van der Waals surface area contributed by atoms with Crippen LogP contribution in [0.5, 0.6) is 0 Å². The van der Waals surface area contributed by atoms with Gasteiger partial charge in [-0.05, 0) is 139 Å². The SMILES string of the molecule is CCCCCCCCCC(=O)NCCCCCCN1/C(=C/C2=CC3=C/C(=C/c4sc5cc(-c6ccccc6)ccc5[n+]4CCCCCCNC(=O)CCCCCCCCC)CCC3CC2)Sc2cc(-c3ccccc3)ccc21. The van der Waals surface area contributed by atoms with Crippen molar-refractivity contribution in [1.29, 1.82) is 0 Å². The number of thioether (sulfide) groups is 1. The first-order valence-electron chi connectivity index (χ1n) is 31.0. The molecule has 0 radical (unpaired) electrons. The van der Waals surface area contributed by atoms with Crippen molar-refractivity contribution < 1.29 is 14.2 Å². The quantitative estimate of drug-likeness (QED) is 0.0318. The van der Waals surface area contributed by atoms with Crippen molar-refractivity contribution in [2.45, 2.75) is 205 Å². The summed E-state index contributed by atoms with van der Waals surface area (Å²) in [6.07, 6.45) is 42.3. The number of aromatic nitrogens is 1. The summed E-state index contributed by atoms with van der Waals surface area (Å²) in [4.78, 5) is 28.9. The lowest BCUT2D eigenvalue weighted by molar-refractivity contribution is -0.669. The van der Waals surface area contributed by atoms with Gasteiger partial charge in [-0.1, -0.05) is 212 Å². The second kappa shape index (κ2) is 32.8. The van der Waals surface area contributed by atoms with Gasteiger partial charge in [0.1, 0.15) is 4.70 Å². The van der Waals surface area contributed by atoms with Crippen LogP contribution in [0.4, 0.5) is 5.69 Å². The van der Waals surface area contributed by atoms with Crippen LogP contribution in [0.2, 0.25) is 0 Å². The van der Waals surface area contributed by atoms with Gasteiger partial charge in [-0.3, -0.25) is 9.59 Å². The zero-order valence-corrected chi connectivity index (χ0v) is 49.4. The number of unbranched alkanes of at least 4 members (excludes halogenated alkanes) is 18. The van der Waals surface area contributed by atoms with E-state index in [4.69, 9.17) is 0 Å². The predicted molar refractivity (Wildman–Crippen MR) is 335 cm³/mol. The molecule has 78 heavy (non-hydrogen) atoms. The minimum absolute atomic E-state index is 0.224. The van der Waals surface area contributed by atoms with Crippen molar-refractivity contribution in [1.82, 2.24) is 10.6 Å². The Morgan fingerprint density at radius 1 is 0.577 bits per heavy atom. The lowest BCUT2D eigenvalue weighted by atomic mass is 9.77. The lowest BCUT2D eigenvalue weighted by Crippen LogP contribution is -2.35. The normalized spacial score (nSPS) is 16.1. The fourth-order valence-electron chi connectivity index (χ4n) is 11.7. The smallest absolute Gasteiger partial charge is 0.263 e. The number of amides is 2. The van der Waals surface area contributed by atoms with Crippen molar-refractivity contribution in [2.75, 3.05) is 24.5 Å². The van der Waals surface area contributed by atoms with Gasteiger partial charge in [-0.2, -0.15) is 4.57 Å². The molecule has 1 aromatic heterocycles. The summed E-state index contributed by atoms with van der Waals surface area (Å²) in [5, 5.41) is 9.08. The van der Waals surface area contributed by atoms with Crippen LogP contribution < -0.4 is 20.1 Å². The Hall–Kier alpha value is -5.18. The average Bonchev–Trinajstić information content (AvgIpc) is 4.09. The monoisotopic (exact) mass is 1090 g/mol. The van der Waals surface area contributed by atoms with E-state index >= 15 is 0 Å². The zero-order valence-electron chi connectivity index (χ0n) is 47.8. The molecule has 1 unspecified atom stereocenters. The Kier molecular flexibility index (Phi) is 24.8. The number of aryl methyl sites for hydroxylation is 1. The van der Waals surface area contributed by atoms with E-state index in [1.54, 1.807) is 0 Å². The maximum absolute atomic E-state index is 12.5. The van der Waals surface area contributed by atoms with Gasteiger partial charge in [0.15, 0.2) is 6.54 Å². The molecule has 2 heterocycles. The molecular weight excluding hydrogens is 993 g/mol. The first kappa shape index (κ1) is 59.0. The van der Waals surface area contributed by atoms with E-state index < -0.39 is 0 Å². The number of fused-ring (bicyclic) bond motifs is 3. The molecule has 0 bridgehead atoms. The summed E-state index contributed by atoms with van der Waals surface area (Å²) in [6.45, 7) is 8.08. The highest BCUT2D eigenvalue weighted by Gasteiger charge is 2.29. The Morgan fingerprint density at radius 2 is 1.14 bits per heavy atom. The van der Waals surface area contributed by atoms with E-state index in [1.165, 1.54) is 160 Å². The Morgan fingerprint density at radius 3 is 1.79 bits per heavy atom. The number of nitrogens with zero attached hydrogens (tertiary/aromatic N) is 2. The van der Waals surface area contributed by atoms with Gasteiger partial charge >= 0.3 is 0 Å². The molecule has 0 fully saturated rings. The Labute approximate surface area is 478 Å². The molecular formula is C70H93N4O2S2+. The van der Waals surface area contributed by atoms with Crippen LogP contribution in [-0.4, -0.2) is 31.4 Å². The summed E-state index contributed by atoms with van der Waals surface area (Å²) in [5.74, 6) is 1.06. The van der Waals surface area contributed by atoms with E-state index in [0.29, 0.717) is 18.8 Å². The molecule has 5 aromatic rings. The largest absolute Gasteiger partial charge is 0.356 e. The van der Waals surface area contributed by atoms with E-state index in [0.717, 1.165) is 103 Å². The standard InChI is InChI=1S/C70H92N4O2S2/c1-3-5-7-9-11-13-25-35-67(75)71-45-27-15-17-29-47-73-63-43-41-60(57-31-21-19-22-32-57)53-65(63)77-69(73)51-55-37-39-59-40-38-56(50-62(59)49-55)52-70-74(64-44-42-61(54-66(64)78-70)58-33-23-20-24-34-58)48-30-18-16-28-46-72-68(76)36-26-14-12-10-8-6-4-2/h19-24,31-34,41-44,49-54,59H,3-18,25-30,35-40,45-48H2,1-2H3,(H-,71,72,75,76)/p+1. The first-order chi connectivity index (χ1) is 38.4. The maximum Gasteiger partial charge on any atom is 0.263 e. The molecule has 3 aliphatic rings. The van der Waals surface area contributed by atoms with Gasteiger partial charge in [-0.15, -0.1) is 0 Å². The van der Waals surface area contributed by atoms with Gasteiger partial charge < -0.3 is 15.5 Å². The molecule has 8 rings (SSSR count). The van der Waals surface area contributed by atoms with Gasteiger partial charge in [0.05, 0.1) is 10.7 Å². The average molecular weight is 1090 g/mol. The van der Waals surface area contributed by atoms with Crippen molar-refractivity contribution >= 4 is 56.9 Å². The van der Waals surface area contributed by atoms with Crippen molar-refractivity contribution in [2.24, 2.45) is 5.92 Å². The summed E-state index contributed by atoms with van der Waals surface area (Å²) in [5.41, 5.74) is 12.1. The Bertz CT molecular complexity index is 2770. The summed E-state index contributed by atoms with van der Waals surface area (Å²) < 4.78 is 3.93. The molecule has 4 aromatic carbocycles. The molecule has 1 atom stereocenters. The molecule has 2 amide bonds. The van der Waals surface area contributed by atoms with Gasteiger partial charge in [0, 0.05) is 55.9 Å². The summed E-state index contributed by atoms with van der Waals surface area (Å²) in [7, 11) is 0. The van der Waals surface area contributed by atoms with Crippen molar-refractivity contribution in [3.05, 3.63) is 142 Å².